The Morgan fingerprint density at radius 2 is 1.71 bits per heavy atom. The maximum Gasteiger partial charge on any atom is 0.261 e. The Morgan fingerprint density at radius 1 is 1.00 bits per heavy atom. The molecule has 0 aliphatic rings. The minimum atomic E-state index is -0.0121. The van der Waals surface area contributed by atoms with E-state index in [1.165, 1.54) is 11.1 Å². The summed E-state index contributed by atoms with van der Waals surface area (Å²) in [5.74, 6) is 0.698. The summed E-state index contributed by atoms with van der Waals surface area (Å²) >= 11 is 0. The van der Waals surface area contributed by atoms with E-state index in [0.29, 0.717) is 12.3 Å². The lowest BCUT2D eigenvalue weighted by molar-refractivity contribution is -0.135. The van der Waals surface area contributed by atoms with Crippen molar-refractivity contribution in [3.63, 3.8) is 0 Å². The van der Waals surface area contributed by atoms with Gasteiger partial charge in [0, 0.05) is 24.5 Å². The van der Waals surface area contributed by atoms with E-state index in [1.807, 2.05) is 55.1 Å². The molecule has 0 N–H and O–H groups in total. The molecule has 0 aliphatic carbocycles. The second kappa shape index (κ2) is 9.27. The van der Waals surface area contributed by atoms with Gasteiger partial charge in [0.2, 0.25) is 0 Å². The number of carbonyl (C=O) groups is 1. The largest absolute Gasteiger partial charge is 0.484 e. The zero-order valence-electron chi connectivity index (χ0n) is 16.8. The van der Waals surface area contributed by atoms with Crippen LogP contribution in [0.25, 0.3) is 0 Å². The molecule has 0 aliphatic heterocycles. The Bertz CT molecular complexity index is 882. The molecular formula is C24H28N2O2. The maximum absolute atomic E-state index is 12.8. The highest BCUT2D eigenvalue weighted by atomic mass is 16.5. The second-order valence-electron chi connectivity index (χ2n) is 7.33. The van der Waals surface area contributed by atoms with Crippen LogP contribution < -0.4 is 4.74 Å². The number of aromatic nitrogens is 1. The fourth-order valence-corrected chi connectivity index (χ4v) is 3.12. The summed E-state index contributed by atoms with van der Waals surface area (Å²) in [6.45, 7) is 7.56. The SMILES string of the molecule is Cc1ccc(Cn2cccc2CN(C(=O)COc2ccccc2)C(C)C)cc1. The molecule has 3 rings (SSSR count). The number of para-hydroxylation sites is 1. The summed E-state index contributed by atoms with van der Waals surface area (Å²) in [6, 6.07) is 22.2. The van der Waals surface area contributed by atoms with Crippen molar-refractivity contribution >= 4 is 5.91 Å². The number of aryl methyl sites for hydroxylation is 1. The number of benzene rings is 2. The van der Waals surface area contributed by atoms with Gasteiger partial charge in [0.25, 0.3) is 5.91 Å². The first-order valence-corrected chi connectivity index (χ1v) is 9.70. The van der Waals surface area contributed by atoms with E-state index in [0.717, 1.165) is 12.2 Å². The predicted molar refractivity (Wildman–Crippen MR) is 112 cm³/mol. The molecule has 28 heavy (non-hydrogen) atoms. The molecule has 2 aromatic carbocycles. The molecule has 4 nitrogen and oxygen atoms in total. The number of amides is 1. The third-order valence-electron chi connectivity index (χ3n) is 4.78. The standard InChI is InChI=1S/C24H28N2O2/c1-19(2)26(24(27)18-28-23-9-5-4-6-10-23)17-22-8-7-15-25(22)16-21-13-11-20(3)12-14-21/h4-15,19H,16-18H2,1-3H3. The van der Waals surface area contributed by atoms with Gasteiger partial charge in [0.1, 0.15) is 5.75 Å². The van der Waals surface area contributed by atoms with Gasteiger partial charge in [-0.1, -0.05) is 48.0 Å². The number of rotatable bonds is 8. The molecule has 0 fully saturated rings. The van der Waals surface area contributed by atoms with Crippen LogP contribution in [0.15, 0.2) is 72.9 Å². The zero-order valence-corrected chi connectivity index (χ0v) is 16.8. The zero-order chi connectivity index (χ0) is 19.9. The molecule has 0 atom stereocenters. The topological polar surface area (TPSA) is 34.5 Å². The van der Waals surface area contributed by atoms with E-state index in [1.54, 1.807) is 0 Å². The molecule has 0 spiro atoms. The maximum atomic E-state index is 12.8. The number of hydrogen-bond donors (Lipinski definition) is 0. The highest BCUT2D eigenvalue weighted by molar-refractivity contribution is 5.78. The molecule has 3 aromatic rings. The van der Waals surface area contributed by atoms with Crippen LogP contribution in [0.4, 0.5) is 0 Å². The summed E-state index contributed by atoms with van der Waals surface area (Å²) in [5, 5.41) is 0. The van der Waals surface area contributed by atoms with Crippen LogP contribution >= 0.6 is 0 Å². The van der Waals surface area contributed by atoms with E-state index in [9.17, 15) is 4.79 Å². The van der Waals surface area contributed by atoms with Gasteiger partial charge < -0.3 is 14.2 Å². The van der Waals surface area contributed by atoms with E-state index < -0.39 is 0 Å². The van der Waals surface area contributed by atoms with Crippen molar-refractivity contribution in [2.45, 2.75) is 39.9 Å². The quantitative estimate of drug-likeness (QED) is 0.573. The second-order valence-corrected chi connectivity index (χ2v) is 7.33. The van der Waals surface area contributed by atoms with E-state index in [-0.39, 0.29) is 18.6 Å². The highest BCUT2D eigenvalue weighted by Crippen LogP contribution is 2.14. The van der Waals surface area contributed by atoms with Gasteiger partial charge in [-0.25, -0.2) is 0 Å². The van der Waals surface area contributed by atoms with Crippen molar-refractivity contribution in [2.75, 3.05) is 6.61 Å². The minimum Gasteiger partial charge on any atom is -0.484 e. The smallest absolute Gasteiger partial charge is 0.261 e. The molecule has 1 amide bonds. The third kappa shape index (κ3) is 5.26. The third-order valence-corrected chi connectivity index (χ3v) is 4.78. The van der Waals surface area contributed by atoms with Gasteiger partial charge in [-0.15, -0.1) is 0 Å². The van der Waals surface area contributed by atoms with Gasteiger partial charge >= 0.3 is 0 Å². The molecule has 0 saturated carbocycles. The molecular weight excluding hydrogens is 348 g/mol. The molecule has 4 heteroatoms. The van der Waals surface area contributed by atoms with Crippen molar-refractivity contribution < 1.29 is 9.53 Å². The van der Waals surface area contributed by atoms with Crippen LogP contribution in [0.2, 0.25) is 0 Å². The number of ether oxygens (including phenoxy) is 1. The summed E-state index contributed by atoms with van der Waals surface area (Å²) in [6.07, 6.45) is 2.07. The normalized spacial score (nSPS) is 10.9. The van der Waals surface area contributed by atoms with Crippen molar-refractivity contribution in [2.24, 2.45) is 0 Å². The number of hydrogen-bond acceptors (Lipinski definition) is 2. The van der Waals surface area contributed by atoms with Gasteiger partial charge in [0.05, 0.1) is 6.54 Å². The van der Waals surface area contributed by atoms with Crippen LogP contribution in [-0.2, 0) is 17.9 Å². The summed E-state index contributed by atoms with van der Waals surface area (Å²) in [4.78, 5) is 14.6. The lowest BCUT2D eigenvalue weighted by Crippen LogP contribution is -2.40. The molecule has 1 aromatic heterocycles. The molecule has 0 radical (unpaired) electrons. The molecule has 0 unspecified atom stereocenters. The van der Waals surface area contributed by atoms with E-state index in [4.69, 9.17) is 4.74 Å². The summed E-state index contributed by atoms with van der Waals surface area (Å²) < 4.78 is 7.86. The Morgan fingerprint density at radius 3 is 2.39 bits per heavy atom. The van der Waals surface area contributed by atoms with Crippen LogP contribution in [-0.4, -0.2) is 28.0 Å². The Hall–Kier alpha value is -3.01. The predicted octanol–water partition coefficient (Wildman–Crippen LogP) is 4.66. The van der Waals surface area contributed by atoms with Crippen LogP contribution in [0.5, 0.6) is 5.75 Å². The highest BCUT2D eigenvalue weighted by Gasteiger charge is 2.19. The van der Waals surface area contributed by atoms with Crippen molar-refractivity contribution in [3.8, 4) is 5.75 Å². The lowest BCUT2D eigenvalue weighted by Gasteiger charge is -2.27. The van der Waals surface area contributed by atoms with Crippen molar-refractivity contribution in [1.82, 2.24) is 9.47 Å². The summed E-state index contributed by atoms with van der Waals surface area (Å²) in [7, 11) is 0. The fraction of sp³-hybridized carbons (Fsp3) is 0.292. The summed E-state index contributed by atoms with van der Waals surface area (Å²) in [5.41, 5.74) is 3.62. The van der Waals surface area contributed by atoms with Crippen LogP contribution in [0.1, 0.15) is 30.7 Å². The van der Waals surface area contributed by atoms with Crippen molar-refractivity contribution in [1.29, 1.82) is 0 Å². The van der Waals surface area contributed by atoms with E-state index >= 15 is 0 Å². The Labute approximate surface area is 167 Å². The Balaban J connectivity index is 1.66. The molecule has 0 bridgehead atoms. The molecule has 0 saturated heterocycles. The monoisotopic (exact) mass is 376 g/mol. The first-order chi connectivity index (χ1) is 13.5. The van der Waals surface area contributed by atoms with Crippen LogP contribution in [0, 0.1) is 6.92 Å². The fourth-order valence-electron chi connectivity index (χ4n) is 3.12. The van der Waals surface area contributed by atoms with Crippen LogP contribution in [0.3, 0.4) is 0 Å². The first kappa shape index (κ1) is 19.7. The first-order valence-electron chi connectivity index (χ1n) is 9.70. The number of nitrogens with zero attached hydrogens (tertiary/aromatic N) is 2. The van der Waals surface area contributed by atoms with Gasteiger partial charge in [-0.2, -0.15) is 0 Å². The average Bonchev–Trinajstić information content (AvgIpc) is 3.13. The lowest BCUT2D eigenvalue weighted by atomic mass is 10.1. The van der Waals surface area contributed by atoms with E-state index in [2.05, 4.69) is 48.0 Å². The molecule has 1 heterocycles. The average molecular weight is 377 g/mol. The van der Waals surface area contributed by atoms with Gasteiger partial charge in [-0.05, 0) is 50.6 Å². The molecule has 146 valence electrons. The minimum absolute atomic E-state index is 0.0121. The van der Waals surface area contributed by atoms with Gasteiger partial charge in [0.15, 0.2) is 6.61 Å². The number of carbonyl (C=O) groups excluding carboxylic acids is 1. The van der Waals surface area contributed by atoms with Crippen molar-refractivity contribution in [3.05, 3.63) is 89.7 Å². The Kier molecular flexibility index (Phi) is 6.53. The van der Waals surface area contributed by atoms with Gasteiger partial charge in [-0.3, -0.25) is 4.79 Å².